The van der Waals surface area contributed by atoms with E-state index in [-0.39, 0.29) is 18.2 Å². The number of esters is 1. The van der Waals surface area contributed by atoms with E-state index in [0.29, 0.717) is 12.2 Å². The molecule has 0 aromatic heterocycles. The summed E-state index contributed by atoms with van der Waals surface area (Å²) in [5.74, 6) is -0.594. The molecule has 5 nitrogen and oxygen atoms in total. The molecule has 1 unspecified atom stereocenters. The van der Waals surface area contributed by atoms with Crippen LogP contribution in [0.1, 0.15) is 39.2 Å². The SMILES string of the molecule is CCOC(=O)C1=C(C)NC(C)=C(C2OC(C)O2)C1c1ccc(Br)cc1. The maximum Gasteiger partial charge on any atom is 0.336 e. The van der Waals surface area contributed by atoms with Crippen LogP contribution in [0.15, 0.2) is 51.3 Å². The van der Waals surface area contributed by atoms with Crippen molar-refractivity contribution in [1.29, 1.82) is 0 Å². The molecule has 25 heavy (non-hydrogen) atoms. The Balaban J connectivity index is 2.08. The molecular weight excluding hydrogens is 386 g/mol. The fourth-order valence-electron chi connectivity index (χ4n) is 3.31. The third-order valence-electron chi connectivity index (χ3n) is 4.39. The highest BCUT2D eigenvalue weighted by Gasteiger charge is 2.42. The maximum atomic E-state index is 12.7. The van der Waals surface area contributed by atoms with Crippen LogP contribution in [0.3, 0.4) is 0 Å². The smallest absolute Gasteiger partial charge is 0.336 e. The van der Waals surface area contributed by atoms with Gasteiger partial charge in [-0.2, -0.15) is 0 Å². The molecule has 1 N–H and O–H groups in total. The summed E-state index contributed by atoms with van der Waals surface area (Å²) in [7, 11) is 0. The lowest BCUT2D eigenvalue weighted by Gasteiger charge is -2.41. The van der Waals surface area contributed by atoms with Crippen LogP contribution in [0.2, 0.25) is 0 Å². The molecule has 0 aliphatic carbocycles. The number of ether oxygens (including phenoxy) is 3. The van der Waals surface area contributed by atoms with Crippen LogP contribution in [-0.2, 0) is 19.0 Å². The van der Waals surface area contributed by atoms with Crippen molar-refractivity contribution >= 4 is 21.9 Å². The van der Waals surface area contributed by atoms with Crippen LogP contribution in [0.25, 0.3) is 0 Å². The van der Waals surface area contributed by atoms with Crippen molar-refractivity contribution in [2.75, 3.05) is 6.61 Å². The number of carbonyl (C=O) groups excluding carboxylic acids is 1. The molecule has 3 rings (SSSR count). The van der Waals surface area contributed by atoms with Gasteiger partial charge in [0.05, 0.1) is 12.2 Å². The van der Waals surface area contributed by atoms with Gasteiger partial charge in [0.25, 0.3) is 0 Å². The summed E-state index contributed by atoms with van der Waals surface area (Å²) >= 11 is 3.46. The van der Waals surface area contributed by atoms with Gasteiger partial charge >= 0.3 is 5.97 Å². The van der Waals surface area contributed by atoms with Gasteiger partial charge in [-0.1, -0.05) is 28.1 Å². The second-order valence-corrected chi connectivity index (χ2v) is 7.04. The number of hydrogen-bond donors (Lipinski definition) is 1. The topological polar surface area (TPSA) is 56.8 Å². The van der Waals surface area contributed by atoms with Crippen LogP contribution >= 0.6 is 15.9 Å². The molecule has 1 aromatic rings. The predicted octanol–water partition coefficient (Wildman–Crippen LogP) is 3.97. The summed E-state index contributed by atoms with van der Waals surface area (Å²) in [4.78, 5) is 12.7. The van der Waals surface area contributed by atoms with Crippen molar-refractivity contribution in [2.45, 2.75) is 46.2 Å². The lowest BCUT2D eigenvalue weighted by atomic mass is 9.80. The Morgan fingerprint density at radius 3 is 2.40 bits per heavy atom. The van der Waals surface area contributed by atoms with Gasteiger partial charge in [-0.15, -0.1) is 0 Å². The number of dihydropyridines is 1. The van der Waals surface area contributed by atoms with E-state index in [0.717, 1.165) is 27.0 Å². The first-order valence-corrected chi connectivity index (χ1v) is 9.13. The largest absolute Gasteiger partial charge is 0.463 e. The highest BCUT2D eigenvalue weighted by Crippen LogP contribution is 2.43. The van der Waals surface area contributed by atoms with Gasteiger partial charge < -0.3 is 19.5 Å². The molecule has 1 saturated heterocycles. The molecular formula is C19H22BrNO4. The number of allylic oxidation sites excluding steroid dienone is 2. The van der Waals surface area contributed by atoms with Crippen molar-refractivity contribution in [3.63, 3.8) is 0 Å². The molecule has 1 atom stereocenters. The van der Waals surface area contributed by atoms with E-state index in [1.807, 2.05) is 45.0 Å². The Hall–Kier alpha value is -1.63. The van der Waals surface area contributed by atoms with E-state index in [9.17, 15) is 4.79 Å². The van der Waals surface area contributed by atoms with Crippen molar-refractivity contribution in [3.05, 3.63) is 56.8 Å². The molecule has 2 aliphatic heterocycles. The Bertz CT molecular complexity index is 732. The predicted molar refractivity (Wildman–Crippen MR) is 97.5 cm³/mol. The zero-order valence-corrected chi connectivity index (χ0v) is 16.3. The Morgan fingerprint density at radius 1 is 1.20 bits per heavy atom. The van der Waals surface area contributed by atoms with E-state index < -0.39 is 6.29 Å². The van der Waals surface area contributed by atoms with Crippen LogP contribution in [0.4, 0.5) is 0 Å². The van der Waals surface area contributed by atoms with Crippen molar-refractivity contribution in [3.8, 4) is 0 Å². The Kier molecular flexibility index (Phi) is 5.32. The van der Waals surface area contributed by atoms with E-state index in [1.54, 1.807) is 6.92 Å². The first kappa shape index (κ1) is 18.2. The van der Waals surface area contributed by atoms with Gasteiger partial charge in [0.1, 0.15) is 0 Å². The number of carbonyl (C=O) groups is 1. The van der Waals surface area contributed by atoms with E-state index in [1.165, 1.54) is 0 Å². The van der Waals surface area contributed by atoms with Gasteiger partial charge in [-0.05, 0) is 45.4 Å². The third-order valence-corrected chi connectivity index (χ3v) is 4.92. The summed E-state index contributed by atoms with van der Waals surface area (Å²) < 4.78 is 17.8. The summed E-state index contributed by atoms with van der Waals surface area (Å²) in [5.41, 5.74) is 4.23. The van der Waals surface area contributed by atoms with E-state index in [2.05, 4.69) is 21.2 Å². The molecule has 0 saturated carbocycles. The van der Waals surface area contributed by atoms with Crippen LogP contribution in [-0.4, -0.2) is 25.2 Å². The highest BCUT2D eigenvalue weighted by molar-refractivity contribution is 9.10. The number of benzene rings is 1. The minimum absolute atomic E-state index is 0.242. The van der Waals surface area contributed by atoms with Gasteiger partial charge in [0.2, 0.25) is 0 Å². The molecule has 0 spiro atoms. The van der Waals surface area contributed by atoms with Crippen LogP contribution in [0.5, 0.6) is 0 Å². The zero-order valence-electron chi connectivity index (χ0n) is 14.8. The quantitative estimate of drug-likeness (QED) is 0.765. The molecule has 0 amide bonds. The van der Waals surface area contributed by atoms with Gasteiger partial charge in [-0.25, -0.2) is 4.79 Å². The average Bonchev–Trinajstić information content (AvgIpc) is 2.53. The molecule has 1 fully saturated rings. The number of hydrogen-bond acceptors (Lipinski definition) is 5. The number of halogens is 1. The Morgan fingerprint density at radius 2 is 1.84 bits per heavy atom. The number of rotatable bonds is 4. The lowest BCUT2D eigenvalue weighted by Crippen LogP contribution is -2.44. The molecule has 134 valence electrons. The van der Waals surface area contributed by atoms with Crippen molar-refractivity contribution < 1.29 is 19.0 Å². The fraction of sp³-hybridized carbons (Fsp3) is 0.421. The zero-order chi connectivity index (χ0) is 18.1. The molecule has 0 radical (unpaired) electrons. The number of nitrogens with one attached hydrogen (secondary N) is 1. The minimum Gasteiger partial charge on any atom is -0.463 e. The summed E-state index contributed by atoms with van der Waals surface area (Å²) in [5, 5.41) is 3.28. The summed E-state index contributed by atoms with van der Waals surface area (Å²) in [6, 6.07) is 7.94. The van der Waals surface area contributed by atoms with Gasteiger partial charge in [-0.3, -0.25) is 0 Å². The summed E-state index contributed by atoms with van der Waals surface area (Å²) in [6.07, 6.45) is -0.706. The van der Waals surface area contributed by atoms with Crippen molar-refractivity contribution in [1.82, 2.24) is 5.32 Å². The second-order valence-electron chi connectivity index (χ2n) is 6.12. The molecule has 6 heteroatoms. The first-order chi connectivity index (χ1) is 11.9. The monoisotopic (exact) mass is 407 g/mol. The van der Waals surface area contributed by atoms with Crippen molar-refractivity contribution in [2.24, 2.45) is 0 Å². The third kappa shape index (κ3) is 3.52. The molecule has 1 aromatic carbocycles. The average molecular weight is 408 g/mol. The standard InChI is InChI=1S/C19H22BrNO4/c1-5-23-18(22)15-10(2)21-11(3)16(19-24-12(4)25-19)17(15)13-6-8-14(20)9-7-13/h6-9,12,17,19,21H,5H2,1-4H3. The minimum atomic E-state index is -0.464. The molecule has 2 aliphatic rings. The second kappa shape index (κ2) is 7.32. The fourth-order valence-corrected chi connectivity index (χ4v) is 3.57. The molecule has 2 heterocycles. The highest BCUT2D eigenvalue weighted by atomic mass is 79.9. The van der Waals surface area contributed by atoms with Crippen LogP contribution < -0.4 is 5.32 Å². The van der Waals surface area contributed by atoms with Gasteiger partial charge in [0.15, 0.2) is 12.6 Å². The normalized spacial score (nSPS) is 26.2. The molecule has 0 bridgehead atoms. The van der Waals surface area contributed by atoms with Crippen LogP contribution in [0, 0.1) is 0 Å². The first-order valence-electron chi connectivity index (χ1n) is 8.34. The van der Waals surface area contributed by atoms with Gasteiger partial charge in [0, 0.05) is 27.4 Å². The van der Waals surface area contributed by atoms with E-state index >= 15 is 0 Å². The lowest BCUT2D eigenvalue weighted by molar-refractivity contribution is -0.360. The van der Waals surface area contributed by atoms with E-state index in [4.69, 9.17) is 14.2 Å². The maximum absolute atomic E-state index is 12.7. The summed E-state index contributed by atoms with van der Waals surface area (Å²) in [6.45, 7) is 7.85. The Labute approximate surface area is 156 Å².